The Labute approximate surface area is 92.6 Å². The van der Waals surface area contributed by atoms with E-state index in [-0.39, 0.29) is 11.9 Å². The molecule has 3 rings (SSSR count). The highest BCUT2D eigenvalue weighted by Crippen LogP contribution is 2.27. The molecule has 1 aliphatic rings. The van der Waals surface area contributed by atoms with Crippen molar-refractivity contribution in [2.24, 2.45) is 0 Å². The minimum absolute atomic E-state index is 0.000509. The maximum absolute atomic E-state index is 13.4. The van der Waals surface area contributed by atoms with Gasteiger partial charge in [-0.2, -0.15) is 0 Å². The number of aromatic amines is 1. The Morgan fingerprint density at radius 2 is 2.31 bits per heavy atom. The average molecular weight is 220 g/mol. The van der Waals surface area contributed by atoms with Crippen LogP contribution in [0.5, 0.6) is 0 Å². The Morgan fingerprint density at radius 1 is 1.38 bits per heavy atom. The number of H-pyrrole nitrogens is 1. The van der Waals surface area contributed by atoms with Crippen LogP contribution in [0.15, 0.2) is 18.2 Å². The number of para-hydroxylation sites is 1. The van der Waals surface area contributed by atoms with Gasteiger partial charge in [-0.1, -0.05) is 6.07 Å². The van der Waals surface area contributed by atoms with Crippen molar-refractivity contribution in [1.29, 1.82) is 0 Å². The summed E-state index contributed by atoms with van der Waals surface area (Å²) in [5.74, 6) is 0.468. The average Bonchev–Trinajstić information content (AvgIpc) is 2.76. The van der Waals surface area contributed by atoms with E-state index in [4.69, 9.17) is 4.74 Å². The zero-order valence-corrected chi connectivity index (χ0v) is 8.87. The van der Waals surface area contributed by atoms with Crippen LogP contribution in [0.3, 0.4) is 0 Å². The fourth-order valence-corrected chi connectivity index (χ4v) is 2.13. The summed E-state index contributed by atoms with van der Waals surface area (Å²) in [4.78, 5) is 7.41. The number of fused-ring (bicyclic) bond motifs is 1. The predicted octanol–water partition coefficient (Wildman–Crippen LogP) is 2.94. The van der Waals surface area contributed by atoms with Crippen LogP contribution in [0.25, 0.3) is 11.0 Å². The van der Waals surface area contributed by atoms with E-state index in [0.717, 1.165) is 37.2 Å². The van der Waals surface area contributed by atoms with Gasteiger partial charge in [-0.15, -0.1) is 0 Å². The number of ether oxygens (including phenoxy) is 1. The SMILES string of the molecule is Fc1cccc2[nH]c(C3CCCCO3)nc12. The normalized spacial score (nSPS) is 21.4. The first kappa shape index (κ1) is 9.78. The van der Waals surface area contributed by atoms with Gasteiger partial charge in [0, 0.05) is 6.61 Å². The van der Waals surface area contributed by atoms with Crippen LogP contribution >= 0.6 is 0 Å². The lowest BCUT2D eigenvalue weighted by molar-refractivity contribution is 0.0101. The van der Waals surface area contributed by atoms with Gasteiger partial charge in [-0.25, -0.2) is 9.37 Å². The van der Waals surface area contributed by atoms with Crippen molar-refractivity contribution >= 4 is 11.0 Å². The molecule has 1 saturated heterocycles. The van der Waals surface area contributed by atoms with Crippen LogP contribution < -0.4 is 0 Å². The van der Waals surface area contributed by atoms with Crippen molar-refractivity contribution in [2.45, 2.75) is 25.4 Å². The third-order valence-corrected chi connectivity index (χ3v) is 2.97. The molecule has 3 nitrogen and oxygen atoms in total. The summed E-state index contributed by atoms with van der Waals surface area (Å²) < 4.78 is 19.1. The van der Waals surface area contributed by atoms with Crippen molar-refractivity contribution in [3.05, 3.63) is 29.8 Å². The molecule has 0 radical (unpaired) electrons. The Kier molecular flexibility index (Phi) is 2.36. The lowest BCUT2D eigenvalue weighted by Gasteiger charge is -2.20. The molecular formula is C12H13FN2O. The minimum atomic E-state index is -0.282. The third-order valence-electron chi connectivity index (χ3n) is 2.97. The number of halogens is 1. The van der Waals surface area contributed by atoms with Crippen LogP contribution in [-0.2, 0) is 4.74 Å². The minimum Gasteiger partial charge on any atom is -0.370 e. The van der Waals surface area contributed by atoms with Gasteiger partial charge in [0.15, 0.2) is 5.82 Å². The lowest BCUT2D eigenvalue weighted by atomic mass is 10.1. The largest absolute Gasteiger partial charge is 0.370 e. The van der Waals surface area contributed by atoms with E-state index >= 15 is 0 Å². The van der Waals surface area contributed by atoms with E-state index in [0.29, 0.717) is 5.52 Å². The van der Waals surface area contributed by atoms with Crippen LogP contribution in [0.1, 0.15) is 31.2 Å². The summed E-state index contributed by atoms with van der Waals surface area (Å²) in [6.07, 6.45) is 3.21. The first-order valence-corrected chi connectivity index (χ1v) is 5.60. The predicted molar refractivity (Wildman–Crippen MR) is 58.6 cm³/mol. The van der Waals surface area contributed by atoms with Crippen LogP contribution in [0.4, 0.5) is 4.39 Å². The smallest absolute Gasteiger partial charge is 0.151 e. The number of hydrogen-bond donors (Lipinski definition) is 1. The molecular weight excluding hydrogens is 207 g/mol. The summed E-state index contributed by atoms with van der Waals surface area (Å²) in [6, 6.07) is 4.94. The highest BCUT2D eigenvalue weighted by molar-refractivity contribution is 5.75. The van der Waals surface area contributed by atoms with Crippen LogP contribution in [0.2, 0.25) is 0 Å². The maximum atomic E-state index is 13.4. The molecule has 1 aliphatic heterocycles. The second-order valence-corrected chi connectivity index (χ2v) is 4.11. The van der Waals surface area contributed by atoms with Crippen molar-refractivity contribution in [3.63, 3.8) is 0 Å². The molecule has 0 amide bonds. The zero-order chi connectivity index (χ0) is 11.0. The molecule has 1 aromatic heterocycles. The fourth-order valence-electron chi connectivity index (χ4n) is 2.13. The summed E-state index contributed by atoms with van der Waals surface area (Å²) in [6.45, 7) is 0.768. The van der Waals surface area contributed by atoms with E-state index < -0.39 is 0 Å². The van der Waals surface area contributed by atoms with Gasteiger partial charge in [0.2, 0.25) is 0 Å². The van der Waals surface area contributed by atoms with E-state index in [1.54, 1.807) is 6.07 Å². The maximum Gasteiger partial charge on any atom is 0.151 e. The lowest BCUT2D eigenvalue weighted by Crippen LogP contribution is -2.12. The van der Waals surface area contributed by atoms with Gasteiger partial charge < -0.3 is 9.72 Å². The molecule has 0 bridgehead atoms. The number of hydrogen-bond acceptors (Lipinski definition) is 2. The summed E-state index contributed by atoms with van der Waals surface area (Å²) in [7, 11) is 0. The molecule has 0 saturated carbocycles. The van der Waals surface area contributed by atoms with Crippen molar-refractivity contribution < 1.29 is 9.13 Å². The van der Waals surface area contributed by atoms with Gasteiger partial charge >= 0.3 is 0 Å². The van der Waals surface area contributed by atoms with E-state index in [1.165, 1.54) is 6.07 Å². The molecule has 4 heteroatoms. The molecule has 2 heterocycles. The number of nitrogens with zero attached hydrogens (tertiary/aromatic N) is 1. The number of rotatable bonds is 1. The molecule has 1 aromatic carbocycles. The summed E-state index contributed by atoms with van der Waals surface area (Å²) in [5, 5.41) is 0. The summed E-state index contributed by atoms with van der Waals surface area (Å²) in [5.41, 5.74) is 1.15. The fraction of sp³-hybridized carbons (Fsp3) is 0.417. The molecule has 84 valence electrons. The first-order valence-electron chi connectivity index (χ1n) is 5.60. The third kappa shape index (κ3) is 1.59. The molecule has 0 spiro atoms. The number of benzene rings is 1. The molecule has 1 atom stereocenters. The summed E-state index contributed by atoms with van der Waals surface area (Å²) >= 11 is 0. The van der Waals surface area contributed by atoms with Gasteiger partial charge in [0.1, 0.15) is 17.4 Å². The molecule has 16 heavy (non-hydrogen) atoms. The van der Waals surface area contributed by atoms with Crippen LogP contribution in [0, 0.1) is 5.82 Å². The quantitative estimate of drug-likeness (QED) is 0.802. The Balaban J connectivity index is 2.01. The van der Waals surface area contributed by atoms with Crippen LogP contribution in [-0.4, -0.2) is 16.6 Å². The second kappa shape index (κ2) is 3.87. The van der Waals surface area contributed by atoms with Crippen molar-refractivity contribution in [2.75, 3.05) is 6.61 Å². The van der Waals surface area contributed by atoms with Gasteiger partial charge in [-0.05, 0) is 31.4 Å². The second-order valence-electron chi connectivity index (χ2n) is 4.11. The molecule has 1 unspecified atom stereocenters. The van der Waals surface area contributed by atoms with Gasteiger partial charge in [0.25, 0.3) is 0 Å². The Morgan fingerprint density at radius 3 is 3.06 bits per heavy atom. The molecule has 2 aromatic rings. The Hall–Kier alpha value is -1.42. The van der Waals surface area contributed by atoms with Gasteiger partial charge in [-0.3, -0.25) is 0 Å². The topological polar surface area (TPSA) is 37.9 Å². The Bertz CT molecular complexity index is 503. The number of aromatic nitrogens is 2. The highest BCUT2D eigenvalue weighted by atomic mass is 19.1. The van der Waals surface area contributed by atoms with E-state index in [1.807, 2.05) is 6.07 Å². The molecule has 1 fully saturated rings. The number of nitrogens with one attached hydrogen (secondary N) is 1. The van der Waals surface area contributed by atoms with Crippen molar-refractivity contribution in [3.8, 4) is 0 Å². The molecule has 0 aliphatic carbocycles. The monoisotopic (exact) mass is 220 g/mol. The number of imidazole rings is 1. The molecule has 1 N–H and O–H groups in total. The van der Waals surface area contributed by atoms with E-state index in [2.05, 4.69) is 9.97 Å². The van der Waals surface area contributed by atoms with Crippen molar-refractivity contribution in [1.82, 2.24) is 9.97 Å². The zero-order valence-electron chi connectivity index (χ0n) is 8.87. The first-order chi connectivity index (χ1) is 7.84. The van der Waals surface area contributed by atoms with E-state index in [9.17, 15) is 4.39 Å². The highest BCUT2D eigenvalue weighted by Gasteiger charge is 2.20. The van der Waals surface area contributed by atoms with Gasteiger partial charge in [0.05, 0.1) is 5.52 Å². The standard InChI is InChI=1S/C12H13FN2O/c13-8-4-3-5-9-11(8)15-12(14-9)10-6-1-2-7-16-10/h3-5,10H,1-2,6-7H2,(H,14,15).